The Bertz CT molecular complexity index is 699. The summed E-state index contributed by atoms with van der Waals surface area (Å²) in [5, 5.41) is 10.8. The van der Waals surface area contributed by atoms with Crippen LogP contribution in [-0.4, -0.2) is 63.4 Å². The van der Waals surface area contributed by atoms with Crippen molar-refractivity contribution in [2.24, 2.45) is 5.92 Å². The number of benzene rings is 1. The molecule has 1 aliphatic heterocycles. The van der Waals surface area contributed by atoms with Crippen LogP contribution in [0, 0.1) is 16.0 Å². The van der Waals surface area contributed by atoms with Gasteiger partial charge in [0.1, 0.15) is 10.6 Å². The Labute approximate surface area is 142 Å². The number of hydrogen-bond donors (Lipinski definition) is 0. The van der Waals surface area contributed by atoms with Gasteiger partial charge in [0.25, 0.3) is 5.69 Å². The van der Waals surface area contributed by atoms with Crippen LogP contribution in [0.2, 0.25) is 0 Å². The number of rotatable bonds is 6. The molecule has 1 aromatic rings. The summed E-state index contributed by atoms with van der Waals surface area (Å²) >= 11 is 0. The highest BCUT2D eigenvalue weighted by Gasteiger charge is 2.29. The molecule has 24 heavy (non-hydrogen) atoms. The number of likely N-dealkylation sites (tertiary alicyclic amines) is 1. The number of non-ortho nitro benzene ring substituents is 1. The van der Waals surface area contributed by atoms with E-state index in [1.165, 1.54) is 30.6 Å². The predicted molar refractivity (Wildman–Crippen MR) is 89.7 cm³/mol. The minimum atomic E-state index is -3.76. The Hall–Kier alpha value is -1.71. The zero-order chi connectivity index (χ0) is 17.9. The van der Waals surface area contributed by atoms with E-state index in [0.29, 0.717) is 12.5 Å². The molecule has 0 radical (unpaired) electrons. The van der Waals surface area contributed by atoms with Gasteiger partial charge in [-0.1, -0.05) is 0 Å². The molecule has 1 fully saturated rings. The number of methoxy groups -OCH3 is 1. The van der Waals surface area contributed by atoms with Crippen molar-refractivity contribution < 1.29 is 18.1 Å². The lowest BCUT2D eigenvalue weighted by molar-refractivity contribution is -0.385. The molecule has 1 heterocycles. The van der Waals surface area contributed by atoms with Crippen LogP contribution >= 0.6 is 0 Å². The minimum absolute atomic E-state index is 0.0144. The molecule has 1 aromatic carbocycles. The Morgan fingerprint density at radius 1 is 1.38 bits per heavy atom. The lowest BCUT2D eigenvalue weighted by Crippen LogP contribution is -2.38. The maximum atomic E-state index is 12.8. The highest BCUT2D eigenvalue weighted by Crippen LogP contribution is 2.31. The summed E-state index contributed by atoms with van der Waals surface area (Å²) in [6, 6.07) is 3.55. The van der Waals surface area contributed by atoms with Crippen molar-refractivity contribution in [3.63, 3.8) is 0 Å². The first-order valence-electron chi connectivity index (χ1n) is 7.73. The summed E-state index contributed by atoms with van der Waals surface area (Å²) < 4.78 is 32.0. The predicted octanol–water partition coefficient (Wildman–Crippen LogP) is 1.57. The SMILES string of the molecule is COc1cc([N+](=O)[O-])ccc1S(=O)(=O)N(C)CC1CCN(C)CC1. The van der Waals surface area contributed by atoms with Crippen LogP contribution in [-0.2, 0) is 10.0 Å². The van der Waals surface area contributed by atoms with Gasteiger partial charge in [-0.2, -0.15) is 0 Å². The fraction of sp³-hybridized carbons (Fsp3) is 0.600. The lowest BCUT2D eigenvalue weighted by Gasteiger charge is -2.31. The van der Waals surface area contributed by atoms with Crippen molar-refractivity contribution >= 4 is 15.7 Å². The first-order valence-corrected chi connectivity index (χ1v) is 9.17. The largest absolute Gasteiger partial charge is 0.495 e. The van der Waals surface area contributed by atoms with Gasteiger partial charge in [-0.25, -0.2) is 12.7 Å². The topological polar surface area (TPSA) is 93.0 Å². The van der Waals surface area contributed by atoms with Crippen molar-refractivity contribution in [1.82, 2.24) is 9.21 Å². The summed E-state index contributed by atoms with van der Waals surface area (Å²) in [4.78, 5) is 12.4. The molecule has 0 amide bonds. The molecule has 0 atom stereocenters. The second-order valence-electron chi connectivity index (χ2n) is 6.12. The van der Waals surface area contributed by atoms with E-state index in [4.69, 9.17) is 4.74 Å². The zero-order valence-electron chi connectivity index (χ0n) is 14.1. The van der Waals surface area contributed by atoms with Gasteiger partial charge in [-0.15, -0.1) is 0 Å². The van der Waals surface area contributed by atoms with E-state index in [-0.39, 0.29) is 16.3 Å². The number of piperidine rings is 1. The second-order valence-corrected chi connectivity index (χ2v) is 8.14. The average molecular weight is 357 g/mol. The molecule has 134 valence electrons. The first-order chi connectivity index (χ1) is 11.3. The van der Waals surface area contributed by atoms with Crippen LogP contribution in [0.15, 0.2) is 23.1 Å². The van der Waals surface area contributed by atoms with Gasteiger partial charge in [0.2, 0.25) is 10.0 Å². The van der Waals surface area contributed by atoms with Gasteiger partial charge in [0.05, 0.1) is 18.1 Å². The maximum Gasteiger partial charge on any atom is 0.273 e. The van der Waals surface area contributed by atoms with E-state index in [1.54, 1.807) is 0 Å². The number of ether oxygens (including phenoxy) is 1. The van der Waals surface area contributed by atoms with Gasteiger partial charge >= 0.3 is 0 Å². The van der Waals surface area contributed by atoms with E-state index in [2.05, 4.69) is 11.9 Å². The summed E-state index contributed by atoms with van der Waals surface area (Å²) in [7, 11) is 1.13. The fourth-order valence-electron chi connectivity index (χ4n) is 2.86. The molecule has 1 aliphatic rings. The van der Waals surface area contributed by atoms with Gasteiger partial charge in [0.15, 0.2) is 0 Å². The van der Waals surface area contributed by atoms with Crippen LogP contribution in [0.25, 0.3) is 0 Å². The first kappa shape index (κ1) is 18.6. The number of nitro groups is 1. The van der Waals surface area contributed by atoms with Crippen LogP contribution in [0.1, 0.15) is 12.8 Å². The van der Waals surface area contributed by atoms with Crippen molar-refractivity contribution in [3.05, 3.63) is 28.3 Å². The summed E-state index contributed by atoms with van der Waals surface area (Å²) in [5.74, 6) is 0.296. The van der Waals surface area contributed by atoms with E-state index in [0.717, 1.165) is 32.0 Å². The molecule has 8 nitrogen and oxygen atoms in total. The minimum Gasteiger partial charge on any atom is -0.495 e. The molecule has 0 saturated carbocycles. The van der Waals surface area contributed by atoms with Crippen LogP contribution < -0.4 is 4.74 Å². The number of hydrogen-bond acceptors (Lipinski definition) is 6. The van der Waals surface area contributed by atoms with Crippen molar-refractivity contribution in [1.29, 1.82) is 0 Å². The molecule has 9 heteroatoms. The third-order valence-corrected chi connectivity index (χ3v) is 6.26. The molecule has 0 N–H and O–H groups in total. The zero-order valence-corrected chi connectivity index (χ0v) is 15.0. The summed E-state index contributed by atoms with van der Waals surface area (Å²) in [5.41, 5.74) is -0.205. The monoisotopic (exact) mass is 357 g/mol. The second kappa shape index (κ2) is 7.45. The number of nitro benzene ring substituents is 1. The molecule has 0 bridgehead atoms. The van der Waals surface area contributed by atoms with Gasteiger partial charge in [-0.05, 0) is 45.0 Å². The molecule has 0 spiro atoms. The Morgan fingerprint density at radius 3 is 2.54 bits per heavy atom. The van der Waals surface area contributed by atoms with E-state index < -0.39 is 14.9 Å². The van der Waals surface area contributed by atoms with E-state index in [9.17, 15) is 18.5 Å². The van der Waals surface area contributed by atoms with Gasteiger partial charge in [-0.3, -0.25) is 10.1 Å². The highest BCUT2D eigenvalue weighted by molar-refractivity contribution is 7.89. The molecular formula is C15H23N3O5S. The quantitative estimate of drug-likeness (QED) is 0.567. The average Bonchev–Trinajstić information content (AvgIpc) is 2.56. The smallest absolute Gasteiger partial charge is 0.273 e. The van der Waals surface area contributed by atoms with Crippen molar-refractivity contribution in [2.75, 3.05) is 40.8 Å². The van der Waals surface area contributed by atoms with Crippen molar-refractivity contribution in [2.45, 2.75) is 17.7 Å². The van der Waals surface area contributed by atoms with Crippen LogP contribution in [0.3, 0.4) is 0 Å². The van der Waals surface area contributed by atoms with E-state index >= 15 is 0 Å². The van der Waals surface area contributed by atoms with Gasteiger partial charge in [0, 0.05) is 19.7 Å². The molecule has 1 saturated heterocycles. The normalized spacial score (nSPS) is 17.2. The lowest BCUT2D eigenvalue weighted by atomic mass is 9.97. The number of sulfonamides is 1. The molecule has 0 aromatic heterocycles. The highest BCUT2D eigenvalue weighted by atomic mass is 32.2. The third kappa shape index (κ3) is 4.03. The Morgan fingerprint density at radius 2 is 2.00 bits per heavy atom. The summed E-state index contributed by atoms with van der Waals surface area (Å²) in [6.07, 6.45) is 1.90. The maximum absolute atomic E-state index is 12.8. The summed E-state index contributed by atoms with van der Waals surface area (Å²) in [6.45, 7) is 2.34. The van der Waals surface area contributed by atoms with Gasteiger partial charge < -0.3 is 9.64 Å². The van der Waals surface area contributed by atoms with E-state index in [1.807, 2.05) is 0 Å². The Balaban J connectivity index is 2.21. The Kier molecular flexibility index (Phi) is 5.79. The van der Waals surface area contributed by atoms with Crippen molar-refractivity contribution in [3.8, 4) is 5.75 Å². The van der Waals surface area contributed by atoms with Crippen LogP contribution in [0.4, 0.5) is 5.69 Å². The molecule has 2 rings (SSSR count). The fourth-order valence-corrected chi connectivity index (χ4v) is 4.24. The standard InChI is InChI=1S/C15H23N3O5S/c1-16-8-6-12(7-9-16)11-17(2)24(21,22)15-5-4-13(18(19)20)10-14(15)23-3/h4-5,10,12H,6-9,11H2,1-3H3. The molecular weight excluding hydrogens is 334 g/mol. The molecule has 0 aliphatic carbocycles. The molecule has 0 unspecified atom stereocenters. The third-order valence-electron chi connectivity index (χ3n) is 4.40. The van der Waals surface area contributed by atoms with Crippen LogP contribution in [0.5, 0.6) is 5.75 Å². The number of nitrogens with zero attached hydrogens (tertiary/aromatic N) is 3.